The minimum absolute atomic E-state index is 0.00154. The van der Waals surface area contributed by atoms with Crippen molar-refractivity contribution in [3.05, 3.63) is 22.7 Å². The van der Waals surface area contributed by atoms with Crippen LogP contribution in [0.3, 0.4) is 0 Å². The highest BCUT2D eigenvalue weighted by Gasteiger charge is 2.62. The minimum atomic E-state index is -4.42. The van der Waals surface area contributed by atoms with Gasteiger partial charge in [0.05, 0.1) is 59.6 Å². The van der Waals surface area contributed by atoms with Crippen LogP contribution >= 0.6 is 15.9 Å². The highest BCUT2D eigenvalue weighted by Crippen LogP contribution is 2.58. The van der Waals surface area contributed by atoms with Gasteiger partial charge in [-0.3, -0.25) is 19.2 Å². The smallest absolute Gasteiger partial charge is 0.362 e. The Labute approximate surface area is 338 Å². The van der Waals surface area contributed by atoms with Crippen molar-refractivity contribution >= 4 is 60.7 Å². The molecule has 3 fully saturated rings. The van der Waals surface area contributed by atoms with E-state index in [1.807, 2.05) is 34.6 Å². The quantitative estimate of drug-likeness (QED) is 0.183. The van der Waals surface area contributed by atoms with Gasteiger partial charge in [-0.05, 0) is 93.3 Å². The third kappa shape index (κ3) is 9.95. The minimum Gasteiger partial charge on any atom is -0.495 e. The van der Waals surface area contributed by atoms with Crippen molar-refractivity contribution in [3.8, 4) is 17.4 Å². The van der Waals surface area contributed by atoms with Gasteiger partial charge in [0.25, 0.3) is 0 Å². The van der Waals surface area contributed by atoms with E-state index < -0.39 is 74.0 Å². The van der Waals surface area contributed by atoms with Crippen molar-refractivity contribution < 1.29 is 50.7 Å². The van der Waals surface area contributed by atoms with Crippen molar-refractivity contribution in [2.45, 2.75) is 131 Å². The Bertz CT molecular complexity index is 1970. The van der Waals surface area contributed by atoms with Gasteiger partial charge in [-0.1, -0.05) is 34.1 Å². The van der Waals surface area contributed by atoms with Crippen LogP contribution in [0.4, 0.5) is 0 Å². The second-order valence-electron chi connectivity index (χ2n) is 17.6. The van der Waals surface area contributed by atoms with Crippen molar-refractivity contribution in [1.82, 2.24) is 14.6 Å². The molecule has 2 aromatic rings. The molecule has 16 heteroatoms. The summed E-state index contributed by atoms with van der Waals surface area (Å²) in [6.45, 7) is 16.5. The fourth-order valence-electron chi connectivity index (χ4n) is 7.47. The van der Waals surface area contributed by atoms with E-state index in [1.54, 1.807) is 53.0 Å². The number of nitrogens with one attached hydrogen (secondary N) is 1. The summed E-state index contributed by atoms with van der Waals surface area (Å²) in [5.41, 5.74) is -3.10. The number of hydrogen-bond acceptors (Lipinski definition) is 12. The van der Waals surface area contributed by atoms with Crippen LogP contribution in [0.2, 0.25) is 0 Å². The van der Waals surface area contributed by atoms with E-state index in [-0.39, 0.29) is 31.7 Å². The average Bonchev–Trinajstić information content (AvgIpc) is 3.94. The maximum atomic E-state index is 14.7. The molecular weight excluding hydrogens is 810 g/mol. The summed E-state index contributed by atoms with van der Waals surface area (Å²) in [7, 11) is -2.88. The number of carbonyl (C=O) groups excluding carboxylic acids is 4. The first-order chi connectivity index (χ1) is 25.9. The molecule has 310 valence electrons. The third-order valence-electron chi connectivity index (χ3n) is 10.8. The summed E-state index contributed by atoms with van der Waals surface area (Å²) in [6, 6.07) is 4.19. The summed E-state index contributed by atoms with van der Waals surface area (Å²) in [5.74, 6) is -2.03. The molecule has 0 spiro atoms. The van der Waals surface area contributed by atoms with E-state index in [0.717, 1.165) is 0 Å². The lowest BCUT2D eigenvalue weighted by atomic mass is 9.77. The van der Waals surface area contributed by atoms with E-state index >= 15 is 0 Å². The van der Waals surface area contributed by atoms with Gasteiger partial charge < -0.3 is 23.8 Å². The van der Waals surface area contributed by atoms with Crippen LogP contribution in [0.15, 0.2) is 22.7 Å². The molecule has 1 aromatic heterocycles. The second-order valence-corrected chi connectivity index (χ2v) is 19.7. The number of ketones is 1. The number of esters is 1. The monoisotopic (exact) mass is 865 g/mol. The normalized spacial score (nSPS) is 23.6. The highest BCUT2D eigenvalue weighted by molar-refractivity contribution is 9.10. The number of benzene rings is 1. The molecule has 5 atom stereocenters. The number of carbonyl (C=O) groups is 4. The number of aromatic nitrogens is 1. The zero-order valence-corrected chi connectivity index (χ0v) is 36.5. The predicted octanol–water partition coefficient (Wildman–Crippen LogP) is 6.45. The van der Waals surface area contributed by atoms with Crippen molar-refractivity contribution in [2.24, 2.45) is 22.7 Å². The van der Waals surface area contributed by atoms with Gasteiger partial charge in [0, 0.05) is 24.3 Å². The molecule has 0 radical (unpaired) electrons. The van der Waals surface area contributed by atoms with Crippen LogP contribution in [0.25, 0.3) is 10.9 Å². The number of halogens is 1. The summed E-state index contributed by atoms with van der Waals surface area (Å²) in [6.07, 6.45) is 0.813. The number of fused-ring (bicyclic) bond motifs is 1. The maximum Gasteiger partial charge on any atom is 0.362 e. The predicted molar refractivity (Wildman–Crippen MR) is 211 cm³/mol. The fourth-order valence-corrected chi connectivity index (χ4v) is 9.23. The zero-order valence-electron chi connectivity index (χ0n) is 34.1. The molecule has 1 saturated heterocycles. The number of likely N-dealkylation sites (tertiary alicyclic amines) is 1. The summed E-state index contributed by atoms with van der Waals surface area (Å²) in [4.78, 5) is 62.3. The Kier molecular flexibility index (Phi) is 12.5. The molecule has 3 aliphatic rings. The van der Waals surface area contributed by atoms with Gasteiger partial charge in [-0.25, -0.2) is 13.9 Å². The molecule has 2 saturated carbocycles. The van der Waals surface area contributed by atoms with Crippen LogP contribution in [-0.4, -0.2) is 85.5 Å². The lowest BCUT2D eigenvalue weighted by molar-refractivity contribution is -0.161. The number of nitrogens with zero attached hydrogens (tertiary/aromatic N) is 2. The zero-order chi connectivity index (χ0) is 41.6. The highest BCUT2D eigenvalue weighted by atomic mass is 79.9. The first-order valence-corrected chi connectivity index (χ1v) is 21.4. The first-order valence-electron chi connectivity index (χ1n) is 19.2. The molecule has 1 N–H and O–H groups in total. The molecule has 2 amide bonds. The third-order valence-corrected chi connectivity index (χ3v) is 12.7. The van der Waals surface area contributed by atoms with Gasteiger partial charge in [-0.2, -0.15) is 8.42 Å². The van der Waals surface area contributed by atoms with Gasteiger partial charge in [0.1, 0.15) is 23.2 Å². The molecule has 0 bridgehead atoms. The Morgan fingerprint density at radius 1 is 1.07 bits per heavy atom. The maximum absolute atomic E-state index is 14.7. The van der Waals surface area contributed by atoms with Gasteiger partial charge in [0.15, 0.2) is 5.78 Å². The first kappa shape index (κ1) is 43.6. The number of ether oxygens (including phenoxy) is 4. The topological polar surface area (TPSA) is 177 Å². The van der Waals surface area contributed by atoms with E-state index in [1.165, 1.54) is 4.90 Å². The fraction of sp³-hybridized carbons (Fsp3) is 0.675. The summed E-state index contributed by atoms with van der Waals surface area (Å²) in [5, 5.41) is 0.633. The molecule has 14 nitrogen and oxygen atoms in total. The number of pyridine rings is 1. The van der Waals surface area contributed by atoms with E-state index in [9.17, 15) is 27.6 Å². The molecular formula is C40H56BrN3O11S. The lowest BCUT2D eigenvalue weighted by Gasteiger charge is -2.35. The van der Waals surface area contributed by atoms with Crippen LogP contribution < -0.4 is 18.9 Å². The van der Waals surface area contributed by atoms with E-state index in [2.05, 4.69) is 25.6 Å². The number of hydrogen-bond donors (Lipinski definition) is 1. The van der Waals surface area contributed by atoms with Gasteiger partial charge >= 0.3 is 16.3 Å². The second kappa shape index (κ2) is 16.0. The van der Waals surface area contributed by atoms with Crippen LogP contribution in [0.5, 0.6) is 17.4 Å². The molecule has 2 heterocycles. The molecule has 1 aromatic carbocycles. The molecule has 2 aliphatic carbocycles. The summed E-state index contributed by atoms with van der Waals surface area (Å²) < 4.78 is 57.1. The Balaban J connectivity index is 1.48. The van der Waals surface area contributed by atoms with Gasteiger partial charge in [-0.15, -0.1) is 0 Å². The Hall–Kier alpha value is -3.50. The van der Waals surface area contributed by atoms with Crippen molar-refractivity contribution in [3.63, 3.8) is 0 Å². The molecule has 1 aliphatic heterocycles. The van der Waals surface area contributed by atoms with E-state index in [0.29, 0.717) is 65.0 Å². The molecule has 0 unspecified atom stereocenters. The molecule has 5 rings (SSSR count). The standard InChI is InChI=1S/C40H56BrN3O11S/c1-11-23-20-40(23,36(48)43-56(49,50)55-39(9)15-16-39)21-28(45)27-17-24(22-44(27)35(47)26(37(3,4)5)18-32(46)54-38(6,7)8)53-30-19-31(52-12-2)42-34-25(30)13-14-29(51-10)33(34)41/h13-14,19,23-24,26-27H,11-12,15-18,20-22H2,1-10H3,(H,43,48)/t23-,24-,26-,27+,40-/m1/s1. The number of methoxy groups -OCH3 is 1. The van der Waals surface area contributed by atoms with Crippen LogP contribution in [-0.2, 0) is 38.4 Å². The average molecular weight is 867 g/mol. The number of amides is 2. The summed E-state index contributed by atoms with van der Waals surface area (Å²) >= 11 is 3.58. The van der Waals surface area contributed by atoms with Crippen LogP contribution in [0, 0.1) is 22.7 Å². The van der Waals surface area contributed by atoms with Crippen LogP contribution in [0.1, 0.15) is 107 Å². The van der Waals surface area contributed by atoms with Crippen molar-refractivity contribution in [1.29, 1.82) is 0 Å². The number of rotatable bonds is 16. The largest absolute Gasteiger partial charge is 0.495 e. The Morgan fingerprint density at radius 2 is 1.75 bits per heavy atom. The number of Topliss-reactive ketones (excluding diaryl/α,β-unsaturated/α-hetero) is 1. The van der Waals surface area contributed by atoms with Gasteiger partial charge in [0.2, 0.25) is 17.7 Å². The molecule has 56 heavy (non-hydrogen) atoms. The Morgan fingerprint density at radius 3 is 2.30 bits per heavy atom. The van der Waals surface area contributed by atoms with E-state index in [4.69, 9.17) is 23.1 Å². The lowest BCUT2D eigenvalue weighted by Crippen LogP contribution is -2.49. The van der Waals surface area contributed by atoms with Crippen molar-refractivity contribution in [2.75, 3.05) is 20.3 Å². The SMILES string of the molecule is CCOc1cc(O[C@@H]2C[C@@H](C(=O)C[C@]3(C(=O)NS(=O)(=O)OC4(C)CC4)C[C@H]3CC)N(C(=O)[C@@H](CC(=O)OC(C)(C)C)C(C)(C)C)C2)c2ccc(OC)c(Br)c2n1.